The van der Waals surface area contributed by atoms with Crippen LogP contribution in [0.2, 0.25) is 0 Å². The number of hydrogen-bond acceptors (Lipinski definition) is 3. The number of hydrogen-bond donors (Lipinski definition) is 0. The van der Waals surface area contributed by atoms with Gasteiger partial charge >= 0.3 is 0 Å². The Morgan fingerprint density at radius 2 is 1.19 bits per heavy atom. The highest BCUT2D eigenvalue weighted by atomic mass is 15.0. The molecular weight excluding hydrogens is 645 g/mol. The van der Waals surface area contributed by atoms with Crippen molar-refractivity contribution in [2.75, 3.05) is 0 Å². The molecule has 250 valence electrons. The van der Waals surface area contributed by atoms with Gasteiger partial charge in [-0.25, -0.2) is 9.97 Å². The zero-order valence-electron chi connectivity index (χ0n) is 29.0. The fourth-order valence-electron chi connectivity index (χ4n) is 7.77. The summed E-state index contributed by atoms with van der Waals surface area (Å²) in [5.41, 5.74) is 15.2. The normalized spacial score (nSPS) is 12.3. The molecule has 0 fully saturated rings. The molecule has 0 spiro atoms. The van der Waals surface area contributed by atoms with E-state index in [0.717, 1.165) is 68.6 Å². The summed E-state index contributed by atoms with van der Waals surface area (Å²) in [7, 11) is 0. The van der Waals surface area contributed by atoms with E-state index in [4.69, 9.17) is 15.0 Å². The minimum absolute atomic E-state index is 0.693. The largest absolute Gasteiger partial charge is 0.313 e. The molecule has 6 aromatic carbocycles. The first-order valence-corrected chi connectivity index (χ1v) is 18.2. The molecule has 53 heavy (non-hydrogen) atoms. The van der Waals surface area contributed by atoms with E-state index in [-0.39, 0.29) is 0 Å². The molecule has 3 aromatic heterocycles. The van der Waals surface area contributed by atoms with Crippen LogP contribution in [0.3, 0.4) is 0 Å². The van der Waals surface area contributed by atoms with Crippen molar-refractivity contribution in [2.24, 2.45) is 0 Å². The average molecular weight is 679 g/mol. The summed E-state index contributed by atoms with van der Waals surface area (Å²) in [6, 6.07) is 57.8. The lowest BCUT2D eigenvalue weighted by Gasteiger charge is -2.17. The zero-order valence-corrected chi connectivity index (χ0v) is 29.0. The summed E-state index contributed by atoms with van der Waals surface area (Å²) >= 11 is 0. The highest BCUT2D eigenvalue weighted by Gasteiger charge is 2.21. The molecule has 0 bridgehead atoms. The predicted molar refractivity (Wildman–Crippen MR) is 219 cm³/mol. The molecule has 10 rings (SSSR count). The monoisotopic (exact) mass is 678 g/mol. The molecule has 0 atom stereocenters. The van der Waals surface area contributed by atoms with E-state index in [2.05, 4.69) is 150 Å². The van der Waals surface area contributed by atoms with Gasteiger partial charge < -0.3 is 4.57 Å². The van der Waals surface area contributed by atoms with Crippen molar-refractivity contribution in [1.29, 1.82) is 0 Å². The lowest BCUT2D eigenvalue weighted by Crippen LogP contribution is -2.04. The van der Waals surface area contributed by atoms with Crippen molar-refractivity contribution in [3.8, 4) is 61.8 Å². The summed E-state index contributed by atoms with van der Waals surface area (Å²) in [5.74, 6) is 0.693. The number of aromatic nitrogens is 4. The first-order valence-electron chi connectivity index (χ1n) is 18.2. The van der Waals surface area contributed by atoms with Gasteiger partial charge in [0.15, 0.2) is 5.82 Å². The highest BCUT2D eigenvalue weighted by molar-refractivity contribution is 5.96. The van der Waals surface area contributed by atoms with Gasteiger partial charge in [0, 0.05) is 56.2 Å². The Morgan fingerprint density at radius 1 is 0.509 bits per heavy atom. The van der Waals surface area contributed by atoms with E-state index in [0.29, 0.717) is 5.82 Å². The van der Waals surface area contributed by atoms with Gasteiger partial charge in [0.2, 0.25) is 0 Å². The number of nitrogens with zero attached hydrogens (tertiary/aromatic N) is 4. The van der Waals surface area contributed by atoms with E-state index in [1.807, 2.05) is 36.5 Å². The summed E-state index contributed by atoms with van der Waals surface area (Å²) in [5, 5.41) is 2.38. The summed E-state index contributed by atoms with van der Waals surface area (Å²) in [6.07, 6.45) is 8.46. The van der Waals surface area contributed by atoms with Crippen molar-refractivity contribution in [3.05, 3.63) is 187 Å². The maximum atomic E-state index is 5.29. The SMILES string of the molecule is C1=Cc2c(n(-c3cc(-c4cc(-c5ccc(-c6ccccc6)cc5)nc(-c5ccccc5)n4)cc(-c4cccc5cccnc45)c3)c3ccccc23)CC1. The summed E-state index contributed by atoms with van der Waals surface area (Å²) in [4.78, 5) is 15.3. The molecule has 1 aliphatic carbocycles. The summed E-state index contributed by atoms with van der Waals surface area (Å²) < 4.78 is 2.46. The quantitative estimate of drug-likeness (QED) is 0.176. The van der Waals surface area contributed by atoms with Crippen LogP contribution in [0.1, 0.15) is 17.7 Å². The Balaban J connectivity index is 1.21. The van der Waals surface area contributed by atoms with Crippen molar-refractivity contribution in [1.82, 2.24) is 19.5 Å². The molecule has 0 unspecified atom stereocenters. The molecule has 4 nitrogen and oxygen atoms in total. The van der Waals surface area contributed by atoms with Crippen molar-refractivity contribution in [2.45, 2.75) is 12.8 Å². The minimum atomic E-state index is 0.693. The molecule has 0 saturated carbocycles. The lowest BCUT2D eigenvalue weighted by molar-refractivity contribution is 0.889. The standard InChI is InChI=1S/C49H34N4/c1-3-13-33(14-4-1)34-24-26-35(27-25-34)44-32-45(52-49(51-44)37-15-5-2-6-16-37)39-29-38(41-21-11-17-36-18-12-28-50-48(36)41)30-40(31-39)53-46-22-9-7-19-42(46)43-20-8-10-23-47(43)53/h1-9,11-22,24-32H,10,23H2. The van der Waals surface area contributed by atoms with Crippen LogP contribution >= 0.6 is 0 Å². The Morgan fingerprint density at radius 3 is 2.02 bits per heavy atom. The van der Waals surface area contributed by atoms with Crippen LogP contribution in [-0.4, -0.2) is 19.5 Å². The lowest BCUT2D eigenvalue weighted by atomic mass is 9.97. The van der Waals surface area contributed by atoms with Gasteiger partial charge in [0.1, 0.15) is 0 Å². The van der Waals surface area contributed by atoms with E-state index < -0.39 is 0 Å². The third-order valence-corrected chi connectivity index (χ3v) is 10.3. The smallest absolute Gasteiger partial charge is 0.160 e. The van der Waals surface area contributed by atoms with E-state index in [9.17, 15) is 0 Å². The van der Waals surface area contributed by atoms with E-state index >= 15 is 0 Å². The van der Waals surface area contributed by atoms with Crippen LogP contribution in [-0.2, 0) is 6.42 Å². The maximum Gasteiger partial charge on any atom is 0.160 e. The zero-order chi connectivity index (χ0) is 35.1. The van der Waals surface area contributed by atoms with E-state index in [1.165, 1.54) is 33.3 Å². The van der Waals surface area contributed by atoms with Crippen LogP contribution in [0.5, 0.6) is 0 Å². The number of benzene rings is 6. The third kappa shape index (κ3) is 5.62. The molecule has 4 heteroatoms. The first-order chi connectivity index (χ1) is 26.3. The first kappa shape index (κ1) is 30.9. The minimum Gasteiger partial charge on any atom is -0.313 e. The summed E-state index contributed by atoms with van der Waals surface area (Å²) in [6.45, 7) is 0. The predicted octanol–water partition coefficient (Wildman–Crippen LogP) is 12.3. The van der Waals surface area contributed by atoms with Gasteiger partial charge in [-0.15, -0.1) is 0 Å². The molecule has 0 amide bonds. The van der Waals surface area contributed by atoms with Gasteiger partial charge in [-0.2, -0.15) is 0 Å². The molecule has 0 aliphatic heterocycles. The second-order valence-electron chi connectivity index (χ2n) is 13.6. The Bertz CT molecular complexity index is 2810. The van der Waals surface area contributed by atoms with Gasteiger partial charge in [-0.3, -0.25) is 4.98 Å². The van der Waals surface area contributed by atoms with Crippen molar-refractivity contribution in [3.63, 3.8) is 0 Å². The van der Waals surface area contributed by atoms with Crippen LogP contribution in [0, 0.1) is 0 Å². The molecule has 3 heterocycles. The highest BCUT2D eigenvalue weighted by Crippen LogP contribution is 2.39. The number of para-hydroxylation sites is 2. The van der Waals surface area contributed by atoms with Gasteiger partial charge in [-0.1, -0.05) is 140 Å². The second kappa shape index (κ2) is 13.0. The van der Waals surface area contributed by atoms with Gasteiger partial charge in [0.25, 0.3) is 0 Å². The molecule has 0 N–H and O–H groups in total. The number of fused-ring (bicyclic) bond motifs is 4. The number of allylic oxidation sites excluding steroid dienone is 1. The molecule has 1 aliphatic rings. The fourth-order valence-corrected chi connectivity index (χ4v) is 7.77. The van der Waals surface area contributed by atoms with Crippen LogP contribution in [0.25, 0.3) is 89.7 Å². The molecule has 0 radical (unpaired) electrons. The Hall–Kier alpha value is -6.91. The Labute approximate surface area is 308 Å². The number of pyridine rings is 1. The average Bonchev–Trinajstić information content (AvgIpc) is 3.58. The van der Waals surface area contributed by atoms with Crippen molar-refractivity contribution >= 4 is 27.9 Å². The fraction of sp³-hybridized carbons (Fsp3) is 0.0408. The molecule has 9 aromatic rings. The van der Waals surface area contributed by atoms with Crippen LogP contribution in [0.15, 0.2) is 176 Å². The second-order valence-corrected chi connectivity index (χ2v) is 13.6. The Kier molecular flexibility index (Phi) is 7.58. The van der Waals surface area contributed by atoms with Crippen molar-refractivity contribution < 1.29 is 0 Å². The number of rotatable bonds is 6. The molecular formula is C49H34N4. The van der Waals surface area contributed by atoms with Crippen LogP contribution < -0.4 is 0 Å². The molecule has 0 saturated heterocycles. The maximum absolute atomic E-state index is 5.29. The van der Waals surface area contributed by atoms with Crippen LogP contribution in [0.4, 0.5) is 0 Å². The topological polar surface area (TPSA) is 43.6 Å². The van der Waals surface area contributed by atoms with E-state index in [1.54, 1.807) is 0 Å². The van der Waals surface area contributed by atoms with Gasteiger partial charge in [-0.05, 0) is 65.9 Å². The van der Waals surface area contributed by atoms with Gasteiger partial charge in [0.05, 0.1) is 22.4 Å². The third-order valence-electron chi connectivity index (χ3n) is 10.3.